The van der Waals surface area contributed by atoms with E-state index < -0.39 is 49.5 Å². The van der Waals surface area contributed by atoms with Crippen molar-refractivity contribution in [2.45, 2.75) is 307 Å². The van der Waals surface area contributed by atoms with Gasteiger partial charge in [0, 0.05) is 6.42 Å². The number of hydrogen-bond donors (Lipinski definition) is 6. The molecule has 1 fully saturated rings. The van der Waals surface area contributed by atoms with Gasteiger partial charge in [0.15, 0.2) is 6.29 Å². The van der Waals surface area contributed by atoms with Crippen molar-refractivity contribution in [3.05, 3.63) is 122 Å². The predicted octanol–water partition coefficient (Wildman–Crippen LogP) is 17.5. The fourth-order valence-electron chi connectivity index (χ4n) is 9.64. The summed E-state index contributed by atoms with van der Waals surface area (Å²) in [7, 11) is 0. The normalized spacial score (nSPS) is 19.3. The van der Waals surface area contributed by atoms with E-state index >= 15 is 0 Å². The molecular formula is C71H121NO8. The Balaban J connectivity index is 2.13. The van der Waals surface area contributed by atoms with Gasteiger partial charge in [-0.2, -0.15) is 0 Å². The summed E-state index contributed by atoms with van der Waals surface area (Å²) in [6, 6.07) is -0.834. The van der Waals surface area contributed by atoms with Crippen molar-refractivity contribution < 1.29 is 39.8 Å². The molecule has 9 nitrogen and oxygen atoms in total. The van der Waals surface area contributed by atoms with Gasteiger partial charge in [-0.1, -0.05) is 277 Å². The minimum absolute atomic E-state index is 0.193. The van der Waals surface area contributed by atoms with Crippen molar-refractivity contribution >= 4 is 5.91 Å². The Morgan fingerprint density at radius 3 is 1.20 bits per heavy atom. The van der Waals surface area contributed by atoms with Crippen molar-refractivity contribution in [3.8, 4) is 0 Å². The minimum atomic E-state index is -1.58. The molecule has 1 aliphatic heterocycles. The largest absolute Gasteiger partial charge is 0.394 e. The van der Waals surface area contributed by atoms with E-state index in [9.17, 15) is 30.3 Å². The maximum absolute atomic E-state index is 13.1. The van der Waals surface area contributed by atoms with Crippen molar-refractivity contribution in [2.75, 3.05) is 13.2 Å². The van der Waals surface area contributed by atoms with Crippen LogP contribution in [0.25, 0.3) is 0 Å². The molecule has 0 spiro atoms. The summed E-state index contributed by atoms with van der Waals surface area (Å²) in [6.45, 7) is 3.64. The fourth-order valence-corrected chi connectivity index (χ4v) is 9.64. The SMILES string of the molecule is CC/C=C\C/C=C\C/C=C\C/C=C\C/C=C\C/C=C\C/C=C\CCCCCCCCCCCCCCCCCCCC(=O)NC(COC1OC(CO)C(O)C(O)C1O)C(O)/C=C/CC/C=C/CC/C=C/CCCCCCCCCC. The van der Waals surface area contributed by atoms with E-state index in [0.29, 0.717) is 6.42 Å². The lowest BCUT2D eigenvalue weighted by Crippen LogP contribution is -2.60. The molecule has 6 N–H and O–H groups in total. The Morgan fingerprint density at radius 1 is 0.438 bits per heavy atom. The molecule has 9 heteroatoms. The first kappa shape index (κ1) is 74.6. The molecule has 80 heavy (non-hydrogen) atoms. The number of nitrogens with one attached hydrogen (secondary N) is 1. The van der Waals surface area contributed by atoms with Gasteiger partial charge in [0.25, 0.3) is 0 Å². The Morgan fingerprint density at radius 2 is 0.787 bits per heavy atom. The molecule has 0 aromatic heterocycles. The molecule has 1 heterocycles. The van der Waals surface area contributed by atoms with E-state index in [2.05, 4.69) is 129 Å². The predicted molar refractivity (Wildman–Crippen MR) is 340 cm³/mol. The molecular weight excluding hydrogens is 995 g/mol. The molecule has 7 unspecified atom stereocenters. The average Bonchev–Trinajstić information content (AvgIpc) is 3.46. The number of rotatable bonds is 55. The summed E-state index contributed by atoms with van der Waals surface area (Å²) in [4.78, 5) is 13.1. The summed E-state index contributed by atoms with van der Waals surface area (Å²) >= 11 is 0. The molecule has 458 valence electrons. The highest BCUT2D eigenvalue weighted by molar-refractivity contribution is 5.76. The molecule has 0 bridgehead atoms. The van der Waals surface area contributed by atoms with Gasteiger partial charge < -0.3 is 40.3 Å². The van der Waals surface area contributed by atoms with Crippen molar-refractivity contribution in [2.24, 2.45) is 0 Å². The number of unbranched alkanes of at least 4 members (excludes halogenated alkanes) is 27. The molecule has 1 aliphatic rings. The van der Waals surface area contributed by atoms with E-state index in [1.807, 2.05) is 6.08 Å². The van der Waals surface area contributed by atoms with Crippen LogP contribution >= 0.6 is 0 Å². The number of aliphatic hydroxyl groups is 5. The second kappa shape index (κ2) is 58.8. The van der Waals surface area contributed by atoms with Crippen molar-refractivity contribution in [3.63, 3.8) is 0 Å². The van der Waals surface area contributed by atoms with E-state index in [-0.39, 0.29) is 12.5 Å². The Bertz CT molecular complexity index is 1670. The van der Waals surface area contributed by atoms with Gasteiger partial charge >= 0.3 is 0 Å². The summed E-state index contributed by atoms with van der Waals surface area (Å²) in [5, 5.41) is 54.6. The molecule has 0 aromatic carbocycles. The third kappa shape index (κ3) is 47.1. The molecule has 0 radical (unpaired) electrons. The molecule has 1 rings (SSSR count). The van der Waals surface area contributed by atoms with Crippen LogP contribution in [-0.4, -0.2) is 87.5 Å². The zero-order valence-corrected chi connectivity index (χ0v) is 51.0. The standard InChI is InChI=1S/C71H121NO8/c1-3-5-7-9-11-13-15-17-19-21-23-24-25-26-27-28-29-30-31-32-33-34-35-36-37-38-39-40-41-42-43-45-47-49-51-53-55-57-59-61-67(75)72-64(63-79-71-70(78)69(77)68(76)66(62-73)80-71)65(74)60-58-56-54-52-50-48-46-44-22-20-18-16-14-12-10-8-6-4-2/h5,7,11,13,17,19,22-24,26-27,29-30,32-33,44,50,52,58,60,64-66,68-71,73-74,76-78H,3-4,6,8-10,12,14-16,18,20-21,25,28,31,34-43,45-49,51,53-57,59,61-63H2,1-2H3,(H,72,75)/b7-5-,13-11-,19-17-,24-23-,27-26-,30-29-,33-32-,44-22+,52-50+,60-58+. The monoisotopic (exact) mass is 1120 g/mol. The Kier molecular flexibility index (Phi) is 54.8. The van der Waals surface area contributed by atoms with Crippen molar-refractivity contribution in [1.82, 2.24) is 5.32 Å². The number of amides is 1. The zero-order valence-electron chi connectivity index (χ0n) is 51.0. The van der Waals surface area contributed by atoms with Gasteiger partial charge in [0.05, 0.1) is 25.4 Å². The van der Waals surface area contributed by atoms with Crippen LogP contribution in [0.3, 0.4) is 0 Å². The zero-order chi connectivity index (χ0) is 57.9. The van der Waals surface area contributed by atoms with Gasteiger partial charge in [-0.15, -0.1) is 0 Å². The second-order valence-corrected chi connectivity index (χ2v) is 22.2. The quantitative estimate of drug-likeness (QED) is 0.0261. The van der Waals surface area contributed by atoms with Crippen molar-refractivity contribution in [1.29, 1.82) is 0 Å². The van der Waals surface area contributed by atoms with Crippen LogP contribution in [-0.2, 0) is 14.3 Å². The van der Waals surface area contributed by atoms with Crippen LogP contribution in [0.2, 0.25) is 0 Å². The van der Waals surface area contributed by atoms with Gasteiger partial charge in [0.2, 0.25) is 5.91 Å². The number of carbonyl (C=O) groups is 1. The first-order chi connectivity index (χ1) is 39.3. The van der Waals surface area contributed by atoms with E-state index in [4.69, 9.17) is 9.47 Å². The fraction of sp³-hybridized carbons (Fsp3) is 0.704. The van der Waals surface area contributed by atoms with Gasteiger partial charge in [0.1, 0.15) is 24.4 Å². The second-order valence-electron chi connectivity index (χ2n) is 22.2. The van der Waals surface area contributed by atoms with Crippen LogP contribution in [0.1, 0.15) is 264 Å². The summed E-state index contributed by atoms with van der Waals surface area (Å²) in [5.41, 5.74) is 0. The van der Waals surface area contributed by atoms with E-state index in [1.165, 1.54) is 148 Å². The van der Waals surface area contributed by atoms with Gasteiger partial charge in [-0.3, -0.25) is 4.79 Å². The van der Waals surface area contributed by atoms with E-state index in [0.717, 1.165) is 96.3 Å². The van der Waals surface area contributed by atoms with Crippen LogP contribution in [0.15, 0.2) is 122 Å². The number of aliphatic hydroxyl groups excluding tert-OH is 5. The lowest BCUT2D eigenvalue weighted by atomic mass is 9.99. The molecule has 1 saturated heterocycles. The van der Waals surface area contributed by atoms with Gasteiger partial charge in [-0.05, 0) is 103 Å². The number of allylic oxidation sites excluding steroid dienone is 19. The highest BCUT2D eigenvalue weighted by Crippen LogP contribution is 2.23. The smallest absolute Gasteiger partial charge is 0.220 e. The molecule has 1 amide bonds. The summed E-state index contributed by atoms with van der Waals surface area (Å²) < 4.78 is 11.3. The Hall–Kier alpha value is -3.41. The first-order valence-electron chi connectivity index (χ1n) is 32.8. The van der Waals surface area contributed by atoms with Crippen LogP contribution in [0, 0.1) is 0 Å². The van der Waals surface area contributed by atoms with Crippen LogP contribution < -0.4 is 5.32 Å². The van der Waals surface area contributed by atoms with Gasteiger partial charge in [-0.25, -0.2) is 0 Å². The average molecular weight is 1120 g/mol. The van der Waals surface area contributed by atoms with Crippen LogP contribution in [0.4, 0.5) is 0 Å². The minimum Gasteiger partial charge on any atom is -0.394 e. The lowest BCUT2D eigenvalue weighted by Gasteiger charge is -2.40. The third-order valence-corrected chi connectivity index (χ3v) is 14.7. The number of hydrogen-bond acceptors (Lipinski definition) is 8. The summed E-state index contributed by atoms with van der Waals surface area (Å²) in [6.07, 6.45) is 81.5. The molecule has 0 aliphatic carbocycles. The first-order valence-corrected chi connectivity index (χ1v) is 32.8. The molecule has 0 saturated carbocycles. The van der Waals surface area contributed by atoms with Crippen LogP contribution in [0.5, 0.6) is 0 Å². The highest BCUT2D eigenvalue weighted by atomic mass is 16.7. The van der Waals surface area contributed by atoms with E-state index in [1.54, 1.807) is 6.08 Å². The third-order valence-electron chi connectivity index (χ3n) is 14.7. The Labute approximate surface area is 490 Å². The number of carbonyl (C=O) groups excluding carboxylic acids is 1. The number of ether oxygens (including phenoxy) is 2. The summed E-state index contributed by atoms with van der Waals surface area (Å²) in [5.74, 6) is -0.193. The lowest BCUT2D eigenvalue weighted by molar-refractivity contribution is -0.302. The molecule has 7 atom stereocenters. The highest BCUT2D eigenvalue weighted by Gasteiger charge is 2.44. The topological polar surface area (TPSA) is 149 Å². The maximum atomic E-state index is 13.1. The molecule has 0 aromatic rings. The maximum Gasteiger partial charge on any atom is 0.220 e.